The van der Waals surface area contributed by atoms with Gasteiger partial charge in [0.05, 0.1) is 11.4 Å². The van der Waals surface area contributed by atoms with E-state index in [4.69, 9.17) is 5.73 Å². The zero-order chi connectivity index (χ0) is 12.1. The smallest absolute Gasteiger partial charge is 0.251 e. The second-order valence-electron chi connectivity index (χ2n) is 3.67. The van der Waals surface area contributed by atoms with Crippen molar-refractivity contribution in [2.75, 3.05) is 31.8 Å². The van der Waals surface area contributed by atoms with Gasteiger partial charge in [0.25, 0.3) is 5.91 Å². The molecule has 0 aliphatic heterocycles. The van der Waals surface area contributed by atoms with Crippen LogP contribution in [-0.4, -0.2) is 31.6 Å². The standard InChI is InChI=1S/C11H18N4O/c1-4-13-11(16)8-5-6-9(12)10(7-8)14-15(2)3/h5-7,14H,4,12H2,1-3H3,(H,13,16). The molecule has 0 fully saturated rings. The van der Waals surface area contributed by atoms with Gasteiger partial charge in [-0.05, 0) is 25.1 Å². The van der Waals surface area contributed by atoms with E-state index in [-0.39, 0.29) is 5.91 Å². The summed E-state index contributed by atoms with van der Waals surface area (Å²) in [5.41, 5.74) is 10.8. The lowest BCUT2D eigenvalue weighted by molar-refractivity contribution is 0.0956. The lowest BCUT2D eigenvalue weighted by Gasteiger charge is -2.16. The molecule has 0 bridgehead atoms. The van der Waals surface area contributed by atoms with Crippen LogP contribution in [0.2, 0.25) is 0 Å². The van der Waals surface area contributed by atoms with E-state index in [0.717, 1.165) is 5.69 Å². The van der Waals surface area contributed by atoms with Crippen molar-refractivity contribution in [2.24, 2.45) is 0 Å². The van der Waals surface area contributed by atoms with Crippen LogP contribution in [0.1, 0.15) is 17.3 Å². The van der Waals surface area contributed by atoms with Crippen molar-refractivity contribution in [3.63, 3.8) is 0 Å². The van der Waals surface area contributed by atoms with Gasteiger partial charge in [0.1, 0.15) is 0 Å². The van der Waals surface area contributed by atoms with E-state index in [2.05, 4.69) is 10.7 Å². The Hall–Kier alpha value is -1.75. The number of anilines is 2. The van der Waals surface area contributed by atoms with Gasteiger partial charge >= 0.3 is 0 Å². The van der Waals surface area contributed by atoms with Gasteiger partial charge in [-0.15, -0.1) is 0 Å². The van der Waals surface area contributed by atoms with Crippen LogP contribution >= 0.6 is 0 Å². The van der Waals surface area contributed by atoms with Crippen molar-refractivity contribution in [1.29, 1.82) is 0 Å². The Morgan fingerprint density at radius 1 is 1.44 bits per heavy atom. The molecule has 16 heavy (non-hydrogen) atoms. The van der Waals surface area contributed by atoms with E-state index in [1.54, 1.807) is 23.2 Å². The first-order valence-corrected chi connectivity index (χ1v) is 5.16. The molecule has 0 radical (unpaired) electrons. The fourth-order valence-corrected chi connectivity index (χ4v) is 1.30. The number of hydrazine groups is 1. The third kappa shape index (κ3) is 3.13. The SMILES string of the molecule is CCNC(=O)c1ccc(N)c(NN(C)C)c1. The molecule has 5 nitrogen and oxygen atoms in total. The van der Waals surface area contributed by atoms with Crippen molar-refractivity contribution < 1.29 is 4.79 Å². The molecule has 0 aliphatic rings. The van der Waals surface area contributed by atoms with E-state index in [1.165, 1.54) is 0 Å². The zero-order valence-electron chi connectivity index (χ0n) is 9.87. The molecule has 1 rings (SSSR count). The van der Waals surface area contributed by atoms with Crippen LogP contribution < -0.4 is 16.5 Å². The predicted octanol–water partition coefficient (Wildman–Crippen LogP) is 0.907. The molecule has 0 heterocycles. The topological polar surface area (TPSA) is 70.4 Å². The van der Waals surface area contributed by atoms with Crippen molar-refractivity contribution in [1.82, 2.24) is 10.3 Å². The summed E-state index contributed by atoms with van der Waals surface area (Å²) >= 11 is 0. The van der Waals surface area contributed by atoms with E-state index in [0.29, 0.717) is 17.8 Å². The minimum Gasteiger partial charge on any atom is -0.397 e. The van der Waals surface area contributed by atoms with Crippen LogP contribution in [0.15, 0.2) is 18.2 Å². The normalized spacial score (nSPS) is 10.2. The highest BCUT2D eigenvalue weighted by molar-refractivity contribution is 5.96. The van der Waals surface area contributed by atoms with E-state index in [1.807, 2.05) is 21.0 Å². The molecule has 0 aliphatic carbocycles. The third-order valence-corrected chi connectivity index (χ3v) is 2.00. The molecular formula is C11H18N4O. The summed E-state index contributed by atoms with van der Waals surface area (Å²) in [5.74, 6) is -0.0932. The number of carbonyl (C=O) groups is 1. The summed E-state index contributed by atoms with van der Waals surface area (Å²) in [6.45, 7) is 2.49. The number of nitrogens with zero attached hydrogens (tertiary/aromatic N) is 1. The highest BCUT2D eigenvalue weighted by Crippen LogP contribution is 2.20. The monoisotopic (exact) mass is 222 g/mol. The molecule has 4 N–H and O–H groups in total. The average molecular weight is 222 g/mol. The molecule has 0 atom stereocenters. The van der Waals surface area contributed by atoms with Gasteiger partial charge in [-0.1, -0.05) is 0 Å². The largest absolute Gasteiger partial charge is 0.397 e. The summed E-state index contributed by atoms with van der Waals surface area (Å²) in [6.07, 6.45) is 0. The molecule has 1 amide bonds. The Labute approximate surface area is 95.6 Å². The summed E-state index contributed by atoms with van der Waals surface area (Å²) in [5, 5.41) is 4.51. The second kappa shape index (κ2) is 5.37. The number of hydrogen-bond acceptors (Lipinski definition) is 4. The first kappa shape index (κ1) is 12.3. The van der Waals surface area contributed by atoms with Crippen LogP contribution in [-0.2, 0) is 0 Å². The van der Waals surface area contributed by atoms with E-state index >= 15 is 0 Å². The average Bonchev–Trinajstić information content (AvgIpc) is 2.21. The Morgan fingerprint density at radius 3 is 2.69 bits per heavy atom. The van der Waals surface area contributed by atoms with Gasteiger partial charge in [0, 0.05) is 26.2 Å². The van der Waals surface area contributed by atoms with Crippen molar-refractivity contribution in [3.8, 4) is 0 Å². The maximum atomic E-state index is 11.6. The van der Waals surface area contributed by atoms with Crippen LogP contribution in [0.5, 0.6) is 0 Å². The molecule has 0 saturated heterocycles. The summed E-state index contributed by atoms with van der Waals surface area (Å²) in [7, 11) is 3.72. The summed E-state index contributed by atoms with van der Waals surface area (Å²) in [4.78, 5) is 11.6. The van der Waals surface area contributed by atoms with Gasteiger partial charge in [-0.3, -0.25) is 4.79 Å². The number of benzene rings is 1. The molecule has 0 saturated carbocycles. The predicted molar refractivity (Wildman–Crippen MR) is 66.2 cm³/mol. The van der Waals surface area contributed by atoms with Crippen molar-refractivity contribution in [2.45, 2.75) is 6.92 Å². The minimum absolute atomic E-state index is 0.0932. The first-order valence-electron chi connectivity index (χ1n) is 5.16. The third-order valence-electron chi connectivity index (χ3n) is 2.00. The highest BCUT2D eigenvalue weighted by Gasteiger charge is 2.07. The number of rotatable bonds is 4. The Bertz CT molecular complexity index is 376. The van der Waals surface area contributed by atoms with Crippen LogP contribution in [0.3, 0.4) is 0 Å². The maximum absolute atomic E-state index is 11.6. The molecule has 0 spiro atoms. The molecule has 88 valence electrons. The summed E-state index contributed by atoms with van der Waals surface area (Å²) in [6, 6.07) is 5.16. The summed E-state index contributed by atoms with van der Waals surface area (Å²) < 4.78 is 0. The fourth-order valence-electron chi connectivity index (χ4n) is 1.30. The Morgan fingerprint density at radius 2 is 2.12 bits per heavy atom. The van der Waals surface area contributed by atoms with Gasteiger partial charge in [-0.2, -0.15) is 0 Å². The van der Waals surface area contributed by atoms with Crippen molar-refractivity contribution >= 4 is 17.3 Å². The molecule has 0 unspecified atom stereocenters. The van der Waals surface area contributed by atoms with Crippen molar-refractivity contribution in [3.05, 3.63) is 23.8 Å². The Kier molecular flexibility index (Phi) is 4.13. The van der Waals surface area contributed by atoms with Crippen LogP contribution in [0.25, 0.3) is 0 Å². The second-order valence-corrected chi connectivity index (χ2v) is 3.67. The lowest BCUT2D eigenvalue weighted by Crippen LogP contribution is -2.24. The minimum atomic E-state index is -0.0932. The molecule has 0 aromatic heterocycles. The number of nitrogens with two attached hydrogens (primary N) is 1. The quantitative estimate of drug-likeness (QED) is 0.523. The van der Waals surface area contributed by atoms with Crippen LogP contribution in [0.4, 0.5) is 11.4 Å². The molecule has 1 aromatic carbocycles. The molecular weight excluding hydrogens is 204 g/mol. The molecule has 5 heteroatoms. The number of carbonyl (C=O) groups excluding carboxylic acids is 1. The van der Waals surface area contributed by atoms with E-state index < -0.39 is 0 Å². The maximum Gasteiger partial charge on any atom is 0.251 e. The fraction of sp³-hybridized carbons (Fsp3) is 0.364. The Balaban J connectivity index is 2.93. The van der Waals surface area contributed by atoms with Gasteiger partial charge in [0.15, 0.2) is 0 Å². The van der Waals surface area contributed by atoms with E-state index in [9.17, 15) is 4.79 Å². The number of amides is 1. The number of nitrogen functional groups attached to an aromatic ring is 1. The number of hydrogen-bond donors (Lipinski definition) is 3. The van der Waals surface area contributed by atoms with Gasteiger partial charge < -0.3 is 16.5 Å². The van der Waals surface area contributed by atoms with Crippen LogP contribution in [0, 0.1) is 0 Å². The molecule has 1 aromatic rings. The lowest BCUT2D eigenvalue weighted by atomic mass is 10.1. The van der Waals surface area contributed by atoms with Gasteiger partial charge in [-0.25, -0.2) is 5.01 Å². The zero-order valence-corrected chi connectivity index (χ0v) is 9.87. The first-order chi connectivity index (χ1) is 7.54. The number of nitrogens with one attached hydrogen (secondary N) is 2. The van der Waals surface area contributed by atoms with Gasteiger partial charge in [0.2, 0.25) is 0 Å². The highest BCUT2D eigenvalue weighted by atomic mass is 16.1.